The van der Waals surface area contributed by atoms with E-state index in [4.69, 9.17) is 0 Å². The van der Waals surface area contributed by atoms with Crippen molar-refractivity contribution in [2.24, 2.45) is 22.4 Å². The maximum Gasteiger partial charge on any atom is 0.439 e. The molecular formula is C19H22F3N3O4. The third-order valence-electron chi connectivity index (χ3n) is 5.85. The predicted molar refractivity (Wildman–Crippen MR) is 98.0 cm³/mol. The smallest absolute Gasteiger partial charge is 0.362 e. The third kappa shape index (κ3) is 3.50. The van der Waals surface area contributed by atoms with Crippen molar-refractivity contribution in [2.45, 2.75) is 51.9 Å². The summed E-state index contributed by atoms with van der Waals surface area (Å²) in [5.41, 5.74) is -4.42. The highest BCUT2D eigenvalue weighted by Crippen LogP contribution is 2.52. The number of rotatable bonds is 2. The highest BCUT2D eigenvalue weighted by atomic mass is 19.4. The fourth-order valence-electron chi connectivity index (χ4n) is 4.08. The van der Waals surface area contributed by atoms with Gasteiger partial charge in [-0.25, -0.2) is 0 Å². The number of aliphatic hydroxyl groups is 1. The zero-order valence-electron chi connectivity index (χ0n) is 16.2. The second-order valence-electron chi connectivity index (χ2n) is 8.63. The minimum absolute atomic E-state index is 0.0388. The summed E-state index contributed by atoms with van der Waals surface area (Å²) in [6.45, 7) is 5.77. The highest BCUT2D eigenvalue weighted by molar-refractivity contribution is 5.99. The topological polar surface area (TPSA) is 96.0 Å². The molecule has 2 aliphatic rings. The molecule has 1 aromatic rings. The first kappa shape index (κ1) is 21.2. The first-order valence-corrected chi connectivity index (χ1v) is 9.22. The third-order valence-corrected chi connectivity index (χ3v) is 5.85. The van der Waals surface area contributed by atoms with Crippen LogP contribution in [0.1, 0.15) is 50.4 Å². The van der Waals surface area contributed by atoms with Crippen molar-refractivity contribution in [2.75, 3.05) is 0 Å². The molecule has 0 aromatic heterocycles. The molecule has 0 bridgehead atoms. The number of benzene rings is 1. The maximum absolute atomic E-state index is 14.0. The van der Waals surface area contributed by atoms with Gasteiger partial charge in [0.1, 0.15) is 0 Å². The fraction of sp³-hybridized carbons (Fsp3) is 0.579. The molecule has 0 unspecified atom stereocenters. The van der Waals surface area contributed by atoms with E-state index in [1.165, 1.54) is 6.07 Å². The molecule has 1 aliphatic heterocycles. The van der Waals surface area contributed by atoms with E-state index in [0.29, 0.717) is 6.42 Å². The van der Waals surface area contributed by atoms with E-state index < -0.39 is 34.3 Å². The number of nitro benzene ring substituents is 1. The number of amides is 1. The molecule has 7 nitrogen and oxygen atoms in total. The lowest BCUT2D eigenvalue weighted by molar-refractivity contribution is -0.384. The summed E-state index contributed by atoms with van der Waals surface area (Å²) in [4.78, 5) is 23.0. The largest absolute Gasteiger partial charge is 0.439 e. The average molecular weight is 413 g/mol. The van der Waals surface area contributed by atoms with Crippen LogP contribution in [0.4, 0.5) is 18.9 Å². The maximum atomic E-state index is 14.0. The van der Waals surface area contributed by atoms with Crippen molar-refractivity contribution in [3.05, 3.63) is 39.9 Å². The number of nitro groups is 1. The minimum atomic E-state index is -5.15. The molecule has 1 amide bonds. The van der Waals surface area contributed by atoms with E-state index in [9.17, 15) is 33.2 Å². The molecule has 10 heteroatoms. The van der Waals surface area contributed by atoms with Crippen molar-refractivity contribution in [3.63, 3.8) is 0 Å². The highest BCUT2D eigenvalue weighted by Gasteiger charge is 2.69. The monoisotopic (exact) mass is 413 g/mol. The Morgan fingerprint density at radius 3 is 2.55 bits per heavy atom. The Labute approximate surface area is 165 Å². The Balaban J connectivity index is 2.03. The standard InChI is InChI=1S/C19H22F3N3O4/c1-17(2,3)12-7-8-15-14(10-12)18(27,19(20,21)22)24(23-15)16(26)11-5-4-6-13(9-11)25(28)29/h4-6,9,12,14,27H,7-8,10H2,1-3H3/t12-,14+,18-/m1/s1. The molecule has 0 saturated heterocycles. The number of non-ortho nitro benzene ring substituents is 1. The number of halogens is 3. The number of nitrogens with zero attached hydrogens (tertiary/aromatic N) is 3. The first-order chi connectivity index (χ1) is 13.3. The van der Waals surface area contributed by atoms with Crippen molar-refractivity contribution in [1.29, 1.82) is 0 Å². The number of fused-ring (bicyclic) bond motifs is 1. The van der Waals surface area contributed by atoms with Crippen LogP contribution >= 0.6 is 0 Å². The SMILES string of the molecule is CC(C)(C)[C@@H]1CCC2=NN(C(=O)c3cccc([N+](=O)[O-])c3)[C@](O)(C(F)(F)F)[C@H]2C1. The van der Waals surface area contributed by atoms with Crippen molar-refractivity contribution in [3.8, 4) is 0 Å². The number of carbonyl (C=O) groups is 1. The van der Waals surface area contributed by atoms with Gasteiger partial charge in [0, 0.05) is 23.4 Å². The van der Waals surface area contributed by atoms with E-state index in [2.05, 4.69) is 5.10 Å². The van der Waals surface area contributed by atoms with Gasteiger partial charge in [0.2, 0.25) is 0 Å². The Morgan fingerprint density at radius 1 is 1.34 bits per heavy atom. The predicted octanol–water partition coefficient (Wildman–Crippen LogP) is 4.12. The number of hydrazone groups is 1. The lowest BCUT2D eigenvalue weighted by Crippen LogP contribution is -2.62. The van der Waals surface area contributed by atoms with Gasteiger partial charge in [-0.3, -0.25) is 14.9 Å². The summed E-state index contributed by atoms with van der Waals surface area (Å²) in [7, 11) is 0. The number of hydrogen-bond acceptors (Lipinski definition) is 5. The van der Waals surface area contributed by atoms with Crippen molar-refractivity contribution in [1.82, 2.24) is 5.01 Å². The van der Waals surface area contributed by atoms with Gasteiger partial charge in [-0.1, -0.05) is 26.8 Å². The summed E-state index contributed by atoms with van der Waals surface area (Å²) in [5, 5.41) is 25.7. The molecule has 29 heavy (non-hydrogen) atoms. The van der Waals surface area contributed by atoms with E-state index in [-0.39, 0.29) is 40.5 Å². The number of hydrogen-bond donors (Lipinski definition) is 1. The van der Waals surface area contributed by atoms with Crippen LogP contribution in [0.5, 0.6) is 0 Å². The molecule has 1 saturated carbocycles. The van der Waals surface area contributed by atoms with Gasteiger partial charge in [-0.15, -0.1) is 0 Å². The second-order valence-corrected chi connectivity index (χ2v) is 8.63. The molecule has 1 N–H and O–H groups in total. The van der Waals surface area contributed by atoms with Crippen LogP contribution in [0, 0.1) is 27.4 Å². The molecular weight excluding hydrogens is 391 g/mol. The first-order valence-electron chi connectivity index (χ1n) is 9.22. The van der Waals surface area contributed by atoms with Gasteiger partial charge < -0.3 is 5.11 Å². The zero-order valence-corrected chi connectivity index (χ0v) is 16.2. The number of alkyl halides is 3. The van der Waals surface area contributed by atoms with Crippen LogP contribution in [0.2, 0.25) is 0 Å². The molecule has 3 atom stereocenters. The van der Waals surface area contributed by atoms with Crippen molar-refractivity contribution < 1.29 is 28.0 Å². The van der Waals surface area contributed by atoms with Crippen LogP contribution in [0.3, 0.4) is 0 Å². The van der Waals surface area contributed by atoms with Crippen LogP contribution in [0.15, 0.2) is 29.4 Å². The van der Waals surface area contributed by atoms with E-state index in [0.717, 1.165) is 18.2 Å². The van der Waals surface area contributed by atoms with Gasteiger partial charge in [-0.05, 0) is 36.7 Å². The average Bonchev–Trinajstić information content (AvgIpc) is 2.94. The van der Waals surface area contributed by atoms with Gasteiger partial charge >= 0.3 is 6.18 Å². The summed E-state index contributed by atoms with van der Waals surface area (Å²) < 4.78 is 42.1. The van der Waals surface area contributed by atoms with E-state index >= 15 is 0 Å². The van der Waals surface area contributed by atoms with Gasteiger partial charge in [0.15, 0.2) is 0 Å². The quantitative estimate of drug-likeness (QED) is 0.583. The fourth-order valence-corrected chi connectivity index (χ4v) is 4.08. The Morgan fingerprint density at radius 2 is 2.00 bits per heavy atom. The summed E-state index contributed by atoms with van der Waals surface area (Å²) in [5.74, 6) is -2.70. The van der Waals surface area contributed by atoms with E-state index in [1.54, 1.807) is 0 Å². The van der Waals surface area contributed by atoms with E-state index in [1.807, 2.05) is 20.8 Å². The van der Waals surface area contributed by atoms with Gasteiger partial charge in [-0.2, -0.15) is 23.3 Å². The lowest BCUT2D eigenvalue weighted by Gasteiger charge is -2.42. The Kier molecular flexibility index (Phi) is 4.97. The normalized spacial score (nSPS) is 27.4. The molecule has 1 aliphatic carbocycles. The molecule has 0 spiro atoms. The Bertz CT molecular complexity index is 878. The molecule has 3 rings (SSSR count). The van der Waals surface area contributed by atoms with Crippen LogP contribution < -0.4 is 0 Å². The summed E-state index contributed by atoms with van der Waals surface area (Å²) >= 11 is 0. The zero-order chi connectivity index (χ0) is 21.8. The van der Waals surface area contributed by atoms with Crippen molar-refractivity contribution >= 4 is 17.3 Å². The van der Waals surface area contributed by atoms with Crippen LogP contribution in [-0.4, -0.2) is 38.6 Å². The molecule has 158 valence electrons. The minimum Gasteiger partial charge on any atom is -0.362 e. The summed E-state index contributed by atoms with van der Waals surface area (Å²) in [6, 6.07) is 4.35. The van der Waals surface area contributed by atoms with Crippen LogP contribution in [-0.2, 0) is 0 Å². The molecule has 0 radical (unpaired) electrons. The lowest BCUT2D eigenvalue weighted by atomic mass is 9.66. The molecule has 1 aromatic carbocycles. The number of carbonyl (C=O) groups excluding carboxylic acids is 1. The summed E-state index contributed by atoms with van der Waals surface area (Å²) in [6.07, 6.45) is -4.27. The molecule has 1 heterocycles. The van der Waals surface area contributed by atoms with Gasteiger partial charge in [0.25, 0.3) is 17.3 Å². The Hall–Kier alpha value is -2.49. The van der Waals surface area contributed by atoms with Crippen LogP contribution in [0.25, 0.3) is 0 Å². The second kappa shape index (κ2) is 6.79. The molecule has 1 fully saturated rings. The van der Waals surface area contributed by atoms with Gasteiger partial charge in [0.05, 0.1) is 10.8 Å².